The number of nitro benzene ring substituents is 1. The standard InChI is InChI=1S/C18H18N2O4/c1-14-12-17(20(22)23)10-9-16(14)8-5-11-19-18(21)24-13-15-6-3-2-4-7-15/h2-10,12H,11,13H2,1H3,(H,19,21). The second-order valence-corrected chi connectivity index (χ2v) is 5.14. The molecule has 1 amide bonds. The van der Waals surface area contributed by atoms with Gasteiger partial charge in [-0.3, -0.25) is 10.1 Å². The first-order valence-corrected chi connectivity index (χ1v) is 7.42. The van der Waals surface area contributed by atoms with Crippen LogP contribution >= 0.6 is 0 Å². The number of hydrogen-bond acceptors (Lipinski definition) is 4. The molecule has 2 aromatic carbocycles. The number of non-ortho nitro benzene ring substituents is 1. The quantitative estimate of drug-likeness (QED) is 0.646. The van der Waals surface area contributed by atoms with Gasteiger partial charge in [-0.25, -0.2) is 4.79 Å². The second kappa shape index (κ2) is 8.47. The number of alkyl carbamates (subject to hydrolysis) is 1. The molecule has 2 aromatic rings. The predicted octanol–water partition coefficient (Wildman–Crippen LogP) is 3.84. The van der Waals surface area contributed by atoms with E-state index in [1.54, 1.807) is 25.1 Å². The Morgan fingerprint density at radius 1 is 1.25 bits per heavy atom. The molecule has 0 aromatic heterocycles. The SMILES string of the molecule is Cc1cc([N+](=O)[O-])ccc1C=CCNC(=O)OCc1ccccc1. The number of hydrogen-bond donors (Lipinski definition) is 1. The number of nitrogens with zero attached hydrogens (tertiary/aromatic N) is 1. The lowest BCUT2D eigenvalue weighted by Crippen LogP contribution is -2.24. The number of nitrogens with one attached hydrogen (secondary N) is 1. The highest BCUT2D eigenvalue weighted by atomic mass is 16.6. The molecule has 124 valence electrons. The van der Waals surface area contributed by atoms with Crippen LogP contribution in [0, 0.1) is 17.0 Å². The van der Waals surface area contributed by atoms with E-state index in [1.807, 2.05) is 30.3 Å². The Morgan fingerprint density at radius 2 is 2.00 bits per heavy atom. The van der Waals surface area contributed by atoms with Crippen molar-refractivity contribution in [3.8, 4) is 0 Å². The van der Waals surface area contributed by atoms with Crippen molar-refractivity contribution in [3.63, 3.8) is 0 Å². The maximum absolute atomic E-state index is 11.6. The number of carbonyl (C=O) groups excluding carboxylic acids is 1. The molecule has 24 heavy (non-hydrogen) atoms. The maximum atomic E-state index is 11.6. The fourth-order valence-corrected chi connectivity index (χ4v) is 2.06. The molecule has 6 heteroatoms. The van der Waals surface area contributed by atoms with Crippen LogP contribution < -0.4 is 5.32 Å². The largest absolute Gasteiger partial charge is 0.445 e. The average molecular weight is 326 g/mol. The van der Waals surface area contributed by atoms with E-state index in [0.29, 0.717) is 6.54 Å². The number of benzene rings is 2. The van der Waals surface area contributed by atoms with E-state index in [2.05, 4.69) is 5.32 Å². The van der Waals surface area contributed by atoms with Crippen LogP contribution in [0.5, 0.6) is 0 Å². The van der Waals surface area contributed by atoms with Crippen LogP contribution in [0.25, 0.3) is 6.08 Å². The molecule has 0 fully saturated rings. The maximum Gasteiger partial charge on any atom is 0.407 e. The van der Waals surface area contributed by atoms with Gasteiger partial charge >= 0.3 is 6.09 Å². The van der Waals surface area contributed by atoms with Crippen LogP contribution in [0.15, 0.2) is 54.6 Å². The Hall–Kier alpha value is -3.15. The van der Waals surface area contributed by atoms with Gasteiger partial charge in [-0.1, -0.05) is 42.5 Å². The summed E-state index contributed by atoms with van der Waals surface area (Å²) in [6.45, 7) is 2.33. The van der Waals surface area contributed by atoms with Crippen LogP contribution in [-0.2, 0) is 11.3 Å². The molecule has 0 atom stereocenters. The minimum absolute atomic E-state index is 0.0623. The second-order valence-electron chi connectivity index (χ2n) is 5.14. The van der Waals surface area contributed by atoms with Crippen LogP contribution in [0.3, 0.4) is 0 Å². The molecule has 0 spiro atoms. The van der Waals surface area contributed by atoms with Gasteiger partial charge in [0.1, 0.15) is 6.61 Å². The van der Waals surface area contributed by atoms with Crippen LogP contribution in [0.1, 0.15) is 16.7 Å². The minimum atomic E-state index is -0.496. The number of nitro groups is 1. The third kappa shape index (κ3) is 5.24. The van der Waals surface area contributed by atoms with E-state index in [4.69, 9.17) is 4.74 Å². The van der Waals surface area contributed by atoms with Crippen molar-refractivity contribution in [1.29, 1.82) is 0 Å². The van der Waals surface area contributed by atoms with Gasteiger partial charge < -0.3 is 10.1 Å². The van der Waals surface area contributed by atoms with Crippen molar-refractivity contribution >= 4 is 17.9 Å². The number of aryl methyl sites for hydroxylation is 1. The van der Waals surface area contributed by atoms with Crippen molar-refractivity contribution in [1.82, 2.24) is 5.32 Å². The average Bonchev–Trinajstić information content (AvgIpc) is 2.58. The van der Waals surface area contributed by atoms with Crippen LogP contribution in [0.2, 0.25) is 0 Å². The first-order valence-electron chi connectivity index (χ1n) is 7.42. The van der Waals surface area contributed by atoms with Crippen molar-refractivity contribution in [2.24, 2.45) is 0 Å². The van der Waals surface area contributed by atoms with Crippen molar-refractivity contribution in [2.45, 2.75) is 13.5 Å². The highest BCUT2D eigenvalue weighted by molar-refractivity contribution is 5.67. The molecule has 0 saturated carbocycles. The molecule has 0 aliphatic heterocycles. The molecule has 1 N–H and O–H groups in total. The van der Waals surface area contributed by atoms with E-state index in [-0.39, 0.29) is 12.3 Å². The molecule has 2 rings (SSSR count). The molecule has 0 aliphatic rings. The molecule has 0 heterocycles. The Morgan fingerprint density at radius 3 is 2.67 bits per heavy atom. The number of carbonyl (C=O) groups is 1. The Balaban J connectivity index is 1.78. The molecule has 0 radical (unpaired) electrons. The Bertz CT molecular complexity index is 742. The smallest absolute Gasteiger partial charge is 0.407 e. The number of rotatable bonds is 6. The molecule has 6 nitrogen and oxygen atoms in total. The van der Waals surface area contributed by atoms with Gasteiger partial charge in [0, 0.05) is 18.7 Å². The third-order valence-corrected chi connectivity index (χ3v) is 3.34. The topological polar surface area (TPSA) is 81.5 Å². The van der Waals surface area contributed by atoms with Crippen molar-refractivity contribution < 1.29 is 14.5 Å². The van der Waals surface area contributed by atoms with Crippen LogP contribution in [-0.4, -0.2) is 17.6 Å². The lowest BCUT2D eigenvalue weighted by molar-refractivity contribution is -0.384. The van der Waals surface area contributed by atoms with Crippen molar-refractivity contribution in [3.05, 3.63) is 81.4 Å². The highest BCUT2D eigenvalue weighted by Gasteiger charge is 2.06. The van der Waals surface area contributed by atoms with E-state index >= 15 is 0 Å². The first-order chi connectivity index (χ1) is 11.6. The van der Waals surface area contributed by atoms with Gasteiger partial charge in [0.25, 0.3) is 5.69 Å². The summed E-state index contributed by atoms with van der Waals surface area (Å²) >= 11 is 0. The zero-order chi connectivity index (χ0) is 17.4. The fraction of sp³-hybridized carbons (Fsp3) is 0.167. The van der Waals surface area contributed by atoms with E-state index in [1.165, 1.54) is 12.1 Å². The summed E-state index contributed by atoms with van der Waals surface area (Å²) in [6, 6.07) is 14.1. The van der Waals surface area contributed by atoms with Crippen molar-refractivity contribution in [2.75, 3.05) is 6.54 Å². The first kappa shape index (κ1) is 17.2. The van der Waals surface area contributed by atoms with Gasteiger partial charge in [-0.2, -0.15) is 0 Å². The normalized spacial score (nSPS) is 10.5. The lowest BCUT2D eigenvalue weighted by Gasteiger charge is -2.05. The number of amides is 1. The highest BCUT2D eigenvalue weighted by Crippen LogP contribution is 2.17. The zero-order valence-electron chi connectivity index (χ0n) is 13.3. The Kier molecular flexibility index (Phi) is 6.08. The molecule has 0 aliphatic carbocycles. The Labute approximate surface area is 139 Å². The minimum Gasteiger partial charge on any atom is -0.445 e. The monoisotopic (exact) mass is 326 g/mol. The summed E-state index contributed by atoms with van der Waals surface area (Å²) < 4.78 is 5.09. The molecular weight excluding hydrogens is 308 g/mol. The summed E-state index contributed by atoms with van der Waals surface area (Å²) in [7, 11) is 0. The predicted molar refractivity (Wildman–Crippen MR) is 91.5 cm³/mol. The summed E-state index contributed by atoms with van der Waals surface area (Å²) in [5, 5.41) is 13.3. The zero-order valence-corrected chi connectivity index (χ0v) is 13.3. The lowest BCUT2D eigenvalue weighted by atomic mass is 10.1. The fourth-order valence-electron chi connectivity index (χ4n) is 2.06. The van der Waals surface area contributed by atoms with Gasteiger partial charge in [-0.15, -0.1) is 0 Å². The van der Waals surface area contributed by atoms with Gasteiger partial charge in [0.2, 0.25) is 0 Å². The van der Waals surface area contributed by atoms with Gasteiger partial charge in [-0.05, 0) is 29.7 Å². The third-order valence-electron chi connectivity index (χ3n) is 3.34. The summed E-state index contributed by atoms with van der Waals surface area (Å²) in [5.41, 5.74) is 2.64. The molecule has 0 unspecified atom stereocenters. The van der Waals surface area contributed by atoms with Crippen LogP contribution in [0.4, 0.5) is 10.5 Å². The summed E-state index contributed by atoms with van der Waals surface area (Å²) in [4.78, 5) is 21.8. The van der Waals surface area contributed by atoms with E-state index in [0.717, 1.165) is 16.7 Å². The molecule has 0 saturated heterocycles. The summed E-state index contributed by atoms with van der Waals surface area (Å²) in [6.07, 6.45) is 3.07. The summed E-state index contributed by atoms with van der Waals surface area (Å²) in [5.74, 6) is 0. The number of ether oxygens (including phenoxy) is 1. The van der Waals surface area contributed by atoms with Gasteiger partial charge in [0.05, 0.1) is 4.92 Å². The van der Waals surface area contributed by atoms with Gasteiger partial charge in [0.15, 0.2) is 0 Å². The van der Waals surface area contributed by atoms with E-state index in [9.17, 15) is 14.9 Å². The molecule has 0 bridgehead atoms. The van der Waals surface area contributed by atoms with E-state index < -0.39 is 11.0 Å². The molecular formula is C18H18N2O4.